The first-order valence-electron chi connectivity index (χ1n) is 4.06. The van der Waals surface area contributed by atoms with E-state index in [4.69, 9.17) is 35.7 Å². The summed E-state index contributed by atoms with van der Waals surface area (Å²) in [6, 6.07) is 0. The van der Waals surface area contributed by atoms with Gasteiger partial charge < -0.3 is 35.7 Å². The lowest BCUT2D eigenvalue weighted by atomic mass is 9.99. The molecular formula is C7H12O9. The van der Waals surface area contributed by atoms with Gasteiger partial charge in [0.15, 0.2) is 12.2 Å². The van der Waals surface area contributed by atoms with E-state index in [1.165, 1.54) is 0 Å². The fourth-order valence-corrected chi connectivity index (χ4v) is 0.868. The average molecular weight is 240 g/mol. The third-order valence-electron chi connectivity index (χ3n) is 1.85. The fraction of sp³-hybridized carbons (Fsp3) is 0.714. The number of aliphatic hydroxyl groups excluding tert-OH is 5. The first kappa shape index (κ1) is 14.7. The van der Waals surface area contributed by atoms with E-state index in [0.717, 1.165) is 0 Å². The molecule has 0 aliphatic carbocycles. The van der Waals surface area contributed by atoms with Crippen LogP contribution in [0, 0.1) is 0 Å². The summed E-state index contributed by atoms with van der Waals surface area (Å²) in [6.45, 7) is 0. The summed E-state index contributed by atoms with van der Waals surface area (Å²) >= 11 is 0. The molecule has 94 valence electrons. The fourth-order valence-electron chi connectivity index (χ4n) is 0.868. The lowest BCUT2D eigenvalue weighted by molar-refractivity contribution is -0.175. The second kappa shape index (κ2) is 5.72. The van der Waals surface area contributed by atoms with Crippen LogP contribution < -0.4 is 0 Å². The highest BCUT2D eigenvalue weighted by Crippen LogP contribution is 2.09. The highest BCUT2D eigenvalue weighted by atomic mass is 16.4. The van der Waals surface area contributed by atoms with Crippen LogP contribution in [0.1, 0.15) is 0 Å². The van der Waals surface area contributed by atoms with Crippen LogP contribution in [0.15, 0.2) is 0 Å². The van der Waals surface area contributed by atoms with E-state index in [1.807, 2.05) is 0 Å². The van der Waals surface area contributed by atoms with Crippen molar-refractivity contribution in [2.45, 2.75) is 30.5 Å². The molecule has 0 amide bonds. The maximum Gasteiger partial charge on any atom is 0.335 e. The molecule has 0 heterocycles. The van der Waals surface area contributed by atoms with Crippen LogP contribution in [0.5, 0.6) is 0 Å². The molecule has 0 aromatic rings. The predicted octanol–water partition coefficient (Wildman–Crippen LogP) is -4.04. The van der Waals surface area contributed by atoms with Crippen molar-refractivity contribution < 1.29 is 45.3 Å². The van der Waals surface area contributed by atoms with Crippen LogP contribution >= 0.6 is 0 Å². The molecule has 9 heteroatoms. The van der Waals surface area contributed by atoms with Gasteiger partial charge in [0, 0.05) is 0 Å². The lowest BCUT2D eigenvalue weighted by Crippen LogP contribution is -2.52. The standard InChI is InChI=1S/C7H12O9/c8-1(2(9)4(11)6(13)14)3(10)5(12)7(15)16/h1-5,8-12H,(H,13,14)(H,15,16). The Hall–Kier alpha value is -1.26. The van der Waals surface area contributed by atoms with Gasteiger partial charge >= 0.3 is 11.9 Å². The minimum Gasteiger partial charge on any atom is -0.479 e. The molecule has 0 bridgehead atoms. The third-order valence-corrected chi connectivity index (χ3v) is 1.85. The van der Waals surface area contributed by atoms with Crippen LogP contribution in [-0.4, -0.2) is 78.2 Å². The number of hydrogen-bond donors (Lipinski definition) is 7. The highest BCUT2D eigenvalue weighted by Gasteiger charge is 2.39. The molecule has 0 aliphatic rings. The Kier molecular flexibility index (Phi) is 5.27. The van der Waals surface area contributed by atoms with Crippen molar-refractivity contribution in [2.75, 3.05) is 0 Å². The maximum atomic E-state index is 10.2. The molecule has 0 fully saturated rings. The molecule has 4 unspecified atom stereocenters. The summed E-state index contributed by atoms with van der Waals surface area (Å²) in [5.41, 5.74) is 0. The normalized spacial score (nSPS) is 20.6. The second-order valence-corrected chi connectivity index (χ2v) is 3.04. The van der Waals surface area contributed by atoms with Crippen LogP contribution in [0.4, 0.5) is 0 Å². The van der Waals surface area contributed by atoms with Crippen molar-refractivity contribution in [3.05, 3.63) is 0 Å². The highest BCUT2D eigenvalue weighted by molar-refractivity contribution is 5.74. The molecular weight excluding hydrogens is 228 g/mol. The molecule has 4 atom stereocenters. The van der Waals surface area contributed by atoms with Gasteiger partial charge in [-0.2, -0.15) is 0 Å². The van der Waals surface area contributed by atoms with Gasteiger partial charge in [0.25, 0.3) is 0 Å². The quantitative estimate of drug-likeness (QED) is 0.243. The summed E-state index contributed by atoms with van der Waals surface area (Å²) in [7, 11) is 0. The van der Waals surface area contributed by atoms with Crippen molar-refractivity contribution in [1.29, 1.82) is 0 Å². The van der Waals surface area contributed by atoms with E-state index in [9.17, 15) is 9.59 Å². The Morgan fingerprint density at radius 3 is 1.06 bits per heavy atom. The van der Waals surface area contributed by atoms with Crippen molar-refractivity contribution in [3.63, 3.8) is 0 Å². The maximum absolute atomic E-state index is 10.2. The van der Waals surface area contributed by atoms with Crippen molar-refractivity contribution in [2.24, 2.45) is 0 Å². The Morgan fingerprint density at radius 1 is 0.625 bits per heavy atom. The van der Waals surface area contributed by atoms with Gasteiger partial charge in [-0.05, 0) is 0 Å². The van der Waals surface area contributed by atoms with Gasteiger partial charge in [-0.3, -0.25) is 0 Å². The molecule has 0 rings (SSSR count). The molecule has 16 heavy (non-hydrogen) atoms. The van der Waals surface area contributed by atoms with E-state index in [0.29, 0.717) is 0 Å². The van der Waals surface area contributed by atoms with Gasteiger partial charge in [-0.25, -0.2) is 9.59 Å². The Morgan fingerprint density at radius 2 is 0.875 bits per heavy atom. The number of rotatable bonds is 6. The number of carboxylic acids is 2. The molecule has 0 spiro atoms. The number of hydrogen-bond acceptors (Lipinski definition) is 7. The molecule has 0 aliphatic heterocycles. The summed E-state index contributed by atoms with van der Waals surface area (Å²) in [6.07, 6.45) is -11.8. The first-order chi connectivity index (χ1) is 7.20. The zero-order valence-electron chi connectivity index (χ0n) is 7.83. The third kappa shape index (κ3) is 3.40. The molecule has 7 N–H and O–H groups in total. The van der Waals surface area contributed by atoms with Gasteiger partial charge in [-0.1, -0.05) is 0 Å². The molecule has 0 aromatic heterocycles. The smallest absolute Gasteiger partial charge is 0.335 e. The van der Waals surface area contributed by atoms with E-state index in [2.05, 4.69) is 0 Å². The summed E-state index contributed by atoms with van der Waals surface area (Å²) in [4.78, 5) is 20.4. The molecule has 0 radical (unpaired) electrons. The zero-order valence-corrected chi connectivity index (χ0v) is 7.83. The Balaban J connectivity index is 4.60. The summed E-state index contributed by atoms with van der Waals surface area (Å²) in [5.74, 6) is -3.74. The van der Waals surface area contributed by atoms with Crippen LogP contribution in [-0.2, 0) is 9.59 Å². The summed E-state index contributed by atoms with van der Waals surface area (Å²) in [5, 5.41) is 61.2. The average Bonchev–Trinajstić information content (AvgIpc) is 2.23. The minimum absolute atomic E-state index is 1.87. The van der Waals surface area contributed by atoms with E-state index < -0.39 is 42.5 Å². The van der Waals surface area contributed by atoms with Gasteiger partial charge in [0.05, 0.1) is 0 Å². The molecule has 0 saturated heterocycles. The molecule has 0 saturated carbocycles. The van der Waals surface area contributed by atoms with Crippen molar-refractivity contribution >= 4 is 11.9 Å². The van der Waals surface area contributed by atoms with Crippen LogP contribution in [0.2, 0.25) is 0 Å². The van der Waals surface area contributed by atoms with Gasteiger partial charge in [0.2, 0.25) is 0 Å². The molecule has 9 nitrogen and oxygen atoms in total. The zero-order chi connectivity index (χ0) is 13.0. The SMILES string of the molecule is O=C(O)C(O)C(O)C(O)C(O)C(O)C(=O)O. The summed E-state index contributed by atoms with van der Waals surface area (Å²) < 4.78 is 0. The number of carboxylic acid groups (broad SMARTS) is 2. The largest absolute Gasteiger partial charge is 0.479 e. The van der Waals surface area contributed by atoms with Crippen molar-refractivity contribution in [1.82, 2.24) is 0 Å². The Bertz CT molecular complexity index is 239. The van der Waals surface area contributed by atoms with Gasteiger partial charge in [0.1, 0.15) is 18.3 Å². The van der Waals surface area contributed by atoms with Gasteiger partial charge in [-0.15, -0.1) is 0 Å². The van der Waals surface area contributed by atoms with E-state index in [1.54, 1.807) is 0 Å². The second-order valence-electron chi connectivity index (χ2n) is 3.04. The minimum atomic E-state index is -2.41. The van der Waals surface area contributed by atoms with Crippen LogP contribution in [0.25, 0.3) is 0 Å². The van der Waals surface area contributed by atoms with Crippen LogP contribution in [0.3, 0.4) is 0 Å². The lowest BCUT2D eigenvalue weighted by Gasteiger charge is -2.25. The predicted molar refractivity (Wildman–Crippen MR) is 45.3 cm³/mol. The molecule has 0 aromatic carbocycles. The number of aliphatic hydroxyl groups is 5. The van der Waals surface area contributed by atoms with E-state index >= 15 is 0 Å². The first-order valence-corrected chi connectivity index (χ1v) is 4.06. The van der Waals surface area contributed by atoms with Crippen molar-refractivity contribution in [3.8, 4) is 0 Å². The topological polar surface area (TPSA) is 176 Å². The number of aliphatic carboxylic acids is 2. The number of carbonyl (C=O) groups is 2. The Labute approximate surface area is 88.8 Å². The monoisotopic (exact) mass is 240 g/mol. The van der Waals surface area contributed by atoms with E-state index in [-0.39, 0.29) is 0 Å².